The summed E-state index contributed by atoms with van der Waals surface area (Å²) in [7, 11) is 0. The summed E-state index contributed by atoms with van der Waals surface area (Å²) < 4.78 is 0. The van der Waals surface area contributed by atoms with Crippen LogP contribution in [-0.2, 0) is 0 Å². The topological polar surface area (TPSA) is 0 Å². The first-order valence-corrected chi connectivity index (χ1v) is 8.87. The van der Waals surface area contributed by atoms with E-state index in [-0.39, 0.29) is 0 Å². The van der Waals surface area contributed by atoms with Gasteiger partial charge in [-0.3, -0.25) is 0 Å². The first-order valence-electron chi connectivity index (χ1n) is 3.63. The van der Waals surface area contributed by atoms with Gasteiger partial charge in [0, 0.05) is 0 Å². The van der Waals surface area contributed by atoms with Crippen LogP contribution in [0, 0.1) is 0 Å². The second-order valence-electron chi connectivity index (χ2n) is 2.12. The van der Waals surface area contributed by atoms with Crippen LogP contribution < -0.4 is 0 Å². The lowest BCUT2D eigenvalue weighted by atomic mass is 10.4. The third kappa shape index (κ3) is 10.3. The standard InChI is InChI=1S/C6H6.C2H5Cl3Si/c1-2-4-6-5-3-1;1-2-6(3,4)5/h1-6H;2H2,1H3. The fourth-order valence-corrected chi connectivity index (χ4v) is 0.385. The quantitative estimate of drug-likeness (QED) is 0.507. The van der Waals surface area contributed by atoms with Crippen molar-refractivity contribution in [1.82, 2.24) is 0 Å². The van der Waals surface area contributed by atoms with Crippen molar-refractivity contribution in [3.8, 4) is 0 Å². The van der Waals surface area contributed by atoms with Crippen LogP contribution in [-0.4, -0.2) is 6.00 Å². The molecule has 68 valence electrons. The molecule has 1 aromatic carbocycles. The zero-order valence-corrected chi connectivity index (χ0v) is 10.1. The Hall–Kier alpha value is 0.307. The summed E-state index contributed by atoms with van der Waals surface area (Å²) in [6, 6.07) is 10.5. The van der Waals surface area contributed by atoms with Crippen molar-refractivity contribution in [2.75, 3.05) is 0 Å². The molecule has 0 spiro atoms. The molecule has 0 amide bonds. The molecule has 0 bridgehead atoms. The van der Waals surface area contributed by atoms with Gasteiger partial charge in [-0.25, -0.2) is 0 Å². The van der Waals surface area contributed by atoms with Crippen LogP contribution >= 0.6 is 33.2 Å². The third-order valence-corrected chi connectivity index (χ3v) is 4.27. The monoisotopic (exact) mass is 240 g/mol. The molecule has 0 aliphatic carbocycles. The van der Waals surface area contributed by atoms with E-state index in [4.69, 9.17) is 33.2 Å². The molecule has 0 unspecified atom stereocenters. The summed E-state index contributed by atoms with van der Waals surface area (Å²) in [5.74, 6) is 0. The normalized spacial score (nSPS) is 10.0. The van der Waals surface area contributed by atoms with Gasteiger partial charge in [0.05, 0.1) is 0 Å². The summed E-state index contributed by atoms with van der Waals surface area (Å²) in [6.45, 7) is 1.87. The average molecular weight is 242 g/mol. The molecule has 0 aliphatic heterocycles. The van der Waals surface area contributed by atoms with E-state index in [9.17, 15) is 0 Å². The number of halogens is 3. The van der Waals surface area contributed by atoms with Crippen molar-refractivity contribution in [3.05, 3.63) is 36.4 Å². The largest absolute Gasteiger partial charge is 0.341 e. The van der Waals surface area contributed by atoms with E-state index < -0.39 is 6.00 Å². The molecule has 1 aromatic rings. The Balaban J connectivity index is 0.000000202. The van der Waals surface area contributed by atoms with E-state index >= 15 is 0 Å². The first kappa shape index (κ1) is 12.3. The summed E-state index contributed by atoms with van der Waals surface area (Å²) in [5.41, 5.74) is 0. The van der Waals surface area contributed by atoms with Crippen LogP contribution in [0.3, 0.4) is 0 Å². The van der Waals surface area contributed by atoms with Crippen LogP contribution in [0.25, 0.3) is 0 Å². The maximum absolute atomic E-state index is 5.39. The van der Waals surface area contributed by atoms with E-state index in [1.807, 2.05) is 43.3 Å². The van der Waals surface area contributed by atoms with E-state index in [1.165, 1.54) is 0 Å². The predicted octanol–water partition coefficient (Wildman–Crippen LogP) is 4.35. The molecule has 0 saturated carbocycles. The molecule has 0 atom stereocenters. The predicted molar refractivity (Wildman–Crippen MR) is 60.2 cm³/mol. The van der Waals surface area contributed by atoms with Gasteiger partial charge in [0.15, 0.2) is 0 Å². The van der Waals surface area contributed by atoms with Gasteiger partial charge in [-0.05, 0) is 6.04 Å². The van der Waals surface area contributed by atoms with E-state index in [1.54, 1.807) is 0 Å². The van der Waals surface area contributed by atoms with Crippen LogP contribution in [0.1, 0.15) is 6.92 Å². The van der Waals surface area contributed by atoms with Gasteiger partial charge in [-0.2, -0.15) is 0 Å². The Morgan fingerprint density at radius 1 is 0.833 bits per heavy atom. The number of benzene rings is 1. The van der Waals surface area contributed by atoms with E-state index in [2.05, 4.69) is 0 Å². The number of hydrogen-bond donors (Lipinski definition) is 0. The van der Waals surface area contributed by atoms with Crippen molar-refractivity contribution in [2.45, 2.75) is 13.0 Å². The van der Waals surface area contributed by atoms with Crippen LogP contribution in [0.2, 0.25) is 6.04 Å². The zero-order valence-electron chi connectivity index (χ0n) is 6.81. The lowest BCUT2D eigenvalue weighted by Gasteiger charge is -1.98. The number of hydrogen-bond acceptors (Lipinski definition) is 0. The Morgan fingerprint density at radius 2 is 1.00 bits per heavy atom. The Labute approximate surface area is 88.6 Å². The van der Waals surface area contributed by atoms with Gasteiger partial charge in [-0.15, -0.1) is 33.2 Å². The molecule has 4 heteroatoms. The Kier molecular flexibility index (Phi) is 6.96. The van der Waals surface area contributed by atoms with Crippen LogP contribution in [0.4, 0.5) is 0 Å². The molecule has 0 heterocycles. The molecule has 0 N–H and O–H groups in total. The van der Waals surface area contributed by atoms with Gasteiger partial charge >= 0.3 is 6.00 Å². The van der Waals surface area contributed by atoms with Crippen molar-refractivity contribution in [1.29, 1.82) is 0 Å². The van der Waals surface area contributed by atoms with Crippen LogP contribution in [0.5, 0.6) is 0 Å². The van der Waals surface area contributed by atoms with Crippen molar-refractivity contribution < 1.29 is 0 Å². The van der Waals surface area contributed by atoms with Gasteiger partial charge in [0.1, 0.15) is 0 Å². The third-order valence-electron chi connectivity index (χ3n) is 1.07. The highest BCUT2D eigenvalue weighted by atomic mass is 35.8. The van der Waals surface area contributed by atoms with Crippen LogP contribution in [0.15, 0.2) is 36.4 Å². The molecule has 0 aromatic heterocycles. The van der Waals surface area contributed by atoms with E-state index in [0.717, 1.165) is 0 Å². The highest BCUT2D eigenvalue weighted by Crippen LogP contribution is 2.23. The molecular formula is C8H11Cl3Si. The SMILES string of the molecule is CC[Si](Cl)(Cl)Cl.c1ccccc1. The molecule has 0 fully saturated rings. The fraction of sp³-hybridized carbons (Fsp3) is 0.250. The molecule has 0 radical (unpaired) electrons. The fourth-order valence-electron chi connectivity index (χ4n) is 0.385. The maximum Gasteiger partial charge on any atom is 0.341 e. The highest BCUT2D eigenvalue weighted by Gasteiger charge is 2.20. The van der Waals surface area contributed by atoms with Gasteiger partial charge < -0.3 is 0 Å². The van der Waals surface area contributed by atoms with Gasteiger partial charge in [-0.1, -0.05) is 43.3 Å². The first-order chi connectivity index (χ1) is 5.56. The second-order valence-corrected chi connectivity index (χ2v) is 11.6. The summed E-state index contributed by atoms with van der Waals surface area (Å²) in [5, 5.41) is 0. The summed E-state index contributed by atoms with van der Waals surface area (Å²) in [4.78, 5) is 0. The maximum atomic E-state index is 5.39. The van der Waals surface area contributed by atoms with E-state index in [0.29, 0.717) is 6.04 Å². The lowest BCUT2D eigenvalue weighted by Crippen LogP contribution is -2.04. The molecule has 12 heavy (non-hydrogen) atoms. The molecule has 1 rings (SSSR count). The molecule has 0 aliphatic rings. The van der Waals surface area contributed by atoms with Crippen molar-refractivity contribution >= 4 is 39.2 Å². The summed E-state index contributed by atoms with van der Waals surface area (Å²) in [6.07, 6.45) is 0. The number of rotatable bonds is 1. The zero-order chi connectivity index (χ0) is 9.45. The highest BCUT2D eigenvalue weighted by molar-refractivity contribution is 7.64. The second kappa shape index (κ2) is 6.78. The molecular weight excluding hydrogens is 231 g/mol. The van der Waals surface area contributed by atoms with Gasteiger partial charge in [0.25, 0.3) is 0 Å². The summed E-state index contributed by atoms with van der Waals surface area (Å²) >= 11 is 16.2. The minimum atomic E-state index is -2.21. The average Bonchev–Trinajstić information content (AvgIpc) is 2.07. The minimum absolute atomic E-state index is 0.706. The molecule has 0 nitrogen and oxygen atoms in total. The van der Waals surface area contributed by atoms with Crippen molar-refractivity contribution in [2.24, 2.45) is 0 Å². The Morgan fingerprint density at radius 3 is 1.08 bits per heavy atom. The smallest absolute Gasteiger partial charge is 0.126 e. The lowest BCUT2D eigenvalue weighted by molar-refractivity contribution is 1.46. The van der Waals surface area contributed by atoms with Gasteiger partial charge in [0.2, 0.25) is 0 Å². The Bertz CT molecular complexity index is 157. The van der Waals surface area contributed by atoms with Crippen molar-refractivity contribution in [3.63, 3.8) is 0 Å². The minimum Gasteiger partial charge on any atom is -0.126 e. The molecule has 0 saturated heterocycles.